The van der Waals surface area contributed by atoms with E-state index in [0.29, 0.717) is 17.4 Å². The van der Waals surface area contributed by atoms with Gasteiger partial charge in [0, 0.05) is 6.54 Å². The van der Waals surface area contributed by atoms with E-state index in [-0.39, 0.29) is 12.7 Å². The maximum absolute atomic E-state index is 5.97. The van der Waals surface area contributed by atoms with Crippen molar-refractivity contribution in [2.24, 2.45) is 0 Å². The fourth-order valence-corrected chi connectivity index (χ4v) is 1.90. The van der Waals surface area contributed by atoms with Crippen LogP contribution in [0.1, 0.15) is 5.56 Å². The van der Waals surface area contributed by atoms with Gasteiger partial charge in [0.2, 0.25) is 12.7 Å². The first-order valence-electron chi connectivity index (χ1n) is 5.63. The van der Waals surface area contributed by atoms with E-state index in [1.54, 1.807) is 0 Å². The Morgan fingerprint density at radius 2 is 2.16 bits per heavy atom. The van der Waals surface area contributed by atoms with Crippen molar-refractivity contribution in [2.45, 2.75) is 6.54 Å². The monoisotopic (exact) mass is 278 g/mol. The molecule has 7 heteroatoms. The van der Waals surface area contributed by atoms with Crippen molar-refractivity contribution < 1.29 is 9.47 Å². The third-order valence-electron chi connectivity index (χ3n) is 2.66. The molecule has 3 N–H and O–H groups in total. The Bertz CT molecular complexity index is 621. The number of nitrogen functional groups attached to an aromatic ring is 1. The Labute approximate surface area is 114 Å². The summed E-state index contributed by atoms with van der Waals surface area (Å²) in [4.78, 5) is 7.83. The molecule has 0 radical (unpaired) electrons. The molecule has 0 saturated carbocycles. The quantitative estimate of drug-likeness (QED) is 0.894. The topological polar surface area (TPSA) is 82.3 Å². The molecular formula is C12H11ClN4O2. The number of hydrogen-bond donors (Lipinski definition) is 2. The first-order valence-corrected chi connectivity index (χ1v) is 6.00. The molecule has 1 aromatic heterocycles. The number of benzene rings is 1. The number of nitrogens with zero attached hydrogens (tertiary/aromatic N) is 2. The number of nitrogens with one attached hydrogen (secondary N) is 1. The molecule has 1 aliphatic rings. The van der Waals surface area contributed by atoms with Gasteiger partial charge in [-0.3, -0.25) is 0 Å². The van der Waals surface area contributed by atoms with Gasteiger partial charge >= 0.3 is 0 Å². The molecule has 0 aliphatic carbocycles. The van der Waals surface area contributed by atoms with Crippen LogP contribution in [0.15, 0.2) is 24.4 Å². The minimum atomic E-state index is 0.178. The van der Waals surface area contributed by atoms with E-state index in [0.717, 1.165) is 17.1 Å². The minimum Gasteiger partial charge on any atom is -0.454 e. The molecule has 1 aliphatic heterocycles. The second kappa shape index (κ2) is 4.81. The van der Waals surface area contributed by atoms with Crippen LogP contribution in [0, 0.1) is 0 Å². The lowest BCUT2D eigenvalue weighted by atomic mass is 10.2. The molecule has 98 valence electrons. The minimum absolute atomic E-state index is 0.178. The first-order chi connectivity index (χ1) is 9.22. The number of aromatic nitrogens is 2. The van der Waals surface area contributed by atoms with Crippen LogP contribution >= 0.6 is 11.6 Å². The van der Waals surface area contributed by atoms with E-state index in [1.165, 1.54) is 6.20 Å². The van der Waals surface area contributed by atoms with Crippen LogP contribution in [0.2, 0.25) is 5.02 Å². The molecular weight excluding hydrogens is 268 g/mol. The molecule has 0 fully saturated rings. The summed E-state index contributed by atoms with van der Waals surface area (Å²) < 4.78 is 10.6. The Balaban J connectivity index is 1.74. The Hall–Kier alpha value is -2.21. The zero-order chi connectivity index (χ0) is 13.2. The predicted molar refractivity (Wildman–Crippen MR) is 71.3 cm³/mol. The molecule has 0 saturated heterocycles. The number of nitrogens with two attached hydrogens (primary N) is 1. The molecule has 3 rings (SSSR count). The molecule has 0 spiro atoms. The molecule has 0 unspecified atom stereocenters. The van der Waals surface area contributed by atoms with Crippen LogP contribution in [0.4, 0.5) is 11.8 Å². The van der Waals surface area contributed by atoms with E-state index >= 15 is 0 Å². The highest BCUT2D eigenvalue weighted by molar-refractivity contribution is 6.32. The van der Waals surface area contributed by atoms with Crippen molar-refractivity contribution in [3.63, 3.8) is 0 Å². The van der Waals surface area contributed by atoms with Gasteiger partial charge in [-0.25, -0.2) is 4.98 Å². The van der Waals surface area contributed by atoms with Crippen molar-refractivity contribution >= 4 is 23.4 Å². The van der Waals surface area contributed by atoms with Crippen LogP contribution in [-0.4, -0.2) is 16.8 Å². The summed E-state index contributed by atoms with van der Waals surface area (Å²) >= 11 is 5.97. The Morgan fingerprint density at radius 3 is 3.05 bits per heavy atom. The lowest BCUT2D eigenvalue weighted by Crippen LogP contribution is -2.04. The molecule has 0 bridgehead atoms. The van der Waals surface area contributed by atoms with Gasteiger partial charge in [-0.2, -0.15) is 4.98 Å². The second-order valence-electron chi connectivity index (χ2n) is 3.97. The van der Waals surface area contributed by atoms with E-state index in [1.807, 2.05) is 18.2 Å². The fourth-order valence-electron chi connectivity index (χ4n) is 1.74. The van der Waals surface area contributed by atoms with E-state index in [2.05, 4.69) is 15.3 Å². The number of hydrogen-bond acceptors (Lipinski definition) is 6. The summed E-state index contributed by atoms with van der Waals surface area (Å²) in [5, 5.41) is 3.53. The average molecular weight is 279 g/mol. The number of anilines is 2. The SMILES string of the molecule is Nc1ncc(Cl)c(NCc2ccc3c(c2)OCO3)n1. The maximum atomic E-state index is 5.97. The first kappa shape index (κ1) is 11.9. The van der Waals surface area contributed by atoms with Gasteiger partial charge in [0.1, 0.15) is 5.02 Å². The highest BCUT2D eigenvalue weighted by atomic mass is 35.5. The van der Waals surface area contributed by atoms with Crippen molar-refractivity contribution in [3.05, 3.63) is 35.0 Å². The molecule has 1 aromatic carbocycles. The molecule has 19 heavy (non-hydrogen) atoms. The van der Waals surface area contributed by atoms with Crippen molar-refractivity contribution in [1.29, 1.82) is 0 Å². The summed E-state index contributed by atoms with van der Waals surface area (Å²) in [7, 11) is 0. The second-order valence-corrected chi connectivity index (χ2v) is 4.37. The van der Waals surface area contributed by atoms with Crippen molar-refractivity contribution in [2.75, 3.05) is 17.8 Å². The molecule has 2 aromatic rings. The largest absolute Gasteiger partial charge is 0.454 e. The van der Waals surface area contributed by atoms with E-state index < -0.39 is 0 Å². The average Bonchev–Trinajstić information content (AvgIpc) is 2.87. The fraction of sp³-hybridized carbons (Fsp3) is 0.167. The van der Waals surface area contributed by atoms with Gasteiger partial charge in [-0.1, -0.05) is 17.7 Å². The van der Waals surface area contributed by atoms with Gasteiger partial charge in [-0.15, -0.1) is 0 Å². The van der Waals surface area contributed by atoms with Crippen LogP contribution < -0.4 is 20.5 Å². The van der Waals surface area contributed by atoms with Gasteiger partial charge in [0.05, 0.1) is 6.20 Å². The third-order valence-corrected chi connectivity index (χ3v) is 2.94. The van der Waals surface area contributed by atoms with Gasteiger partial charge in [0.25, 0.3) is 0 Å². The lowest BCUT2D eigenvalue weighted by molar-refractivity contribution is 0.174. The highest BCUT2D eigenvalue weighted by Crippen LogP contribution is 2.32. The maximum Gasteiger partial charge on any atom is 0.231 e. The third kappa shape index (κ3) is 2.48. The van der Waals surface area contributed by atoms with Crippen LogP contribution in [0.5, 0.6) is 11.5 Å². The van der Waals surface area contributed by atoms with Crippen LogP contribution in [0.25, 0.3) is 0 Å². The van der Waals surface area contributed by atoms with Crippen molar-refractivity contribution in [3.8, 4) is 11.5 Å². The number of rotatable bonds is 3. The molecule has 0 atom stereocenters. The van der Waals surface area contributed by atoms with E-state index in [9.17, 15) is 0 Å². The zero-order valence-electron chi connectivity index (χ0n) is 9.89. The summed E-state index contributed by atoms with van der Waals surface area (Å²) in [6, 6.07) is 5.72. The van der Waals surface area contributed by atoms with Crippen LogP contribution in [-0.2, 0) is 6.54 Å². The molecule has 0 amide bonds. The number of ether oxygens (including phenoxy) is 2. The van der Waals surface area contributed by atoms with Crippen molar-refractivity contribution in [1.82, 2.24) is 9.97 Å². The summed E-state index contributed by atoms with van der Waals surface area (Å²) in [5.41, 5.74) is 6.54. The number of fused-ring (bicyclic) bond motifs is 1. The Morgan fingerprint density at radius 1 is 1.32 bits per heavy atom. The summed E-state index contributed by atoms with van der Waals surface area (Å²) in [5.74, 6) is 2.19. The Kier molecular flexibility index (Phi) is 3.00. The predicted octanol–water partition coefficient (Wildman–Crippen LogP) is 2.05. The van der Waals surface area contributed by atoms with Gasteiger partial charge in [-0.05, 0) is 17.7 Å². The summed E-state index contributed by atoms with van der Waals surface area (Å²) in [6.45, 7) is 0.813. The summed E-state index contributed by atoms with van der Waals surface area (Å²) in [6.07, 6.45) is 1.46. The smallest absolute Gasteiger partial charge is 0.231 e. The lowest BCUT2D eigenvalue weighted by Gasteiger charge is -2.08. The number of halogens is 1. The standard InChI is InChI=1S/C12H11ClN4O2/c13-8-5-16-12(14)17-11(8)15-4-7-1-2-9-10(3-7)19-6-18-9/h1-3,5H,4,6H2,(H3,14,15,16,17). The normalized spacial score (nSPS) is 12.5. The van der Waals surface area contributed by atoms with Gasteiger partial charge < -0.3 is 20.5 Å². The molecule has 2 heterocycles. The van der Waals surface area contributed by atoms with E-state index in [4.69, 9.17) is 26.8 Å². The highest BCUT2D eigenvalue weighted by Gasteiger charge is 2.13. The molecule has 6 nitrogen and oxygen atoms in total. The van der Waals surface area contributed by atoms with Gasteiger partial charge in [0.15, 0.2) is 17.3 Å². The van der Waals surface area contributed by atoms with Crippen LogP contribution in [0.3, 0.4) is 0 Å². The zero-order valence-corrected chi connectivity index (χ0v) is 10.6.